The molecule has 68 heavy (non-hydrogen) atoms. The lowest BCUT2D eigenvalue weighted by Gasteiger charge is -2.37. The zero-order valence-corrected chi connectivity index (χ0v) is 38.6. The lowest BCUT2D eigenvalue weighted by Crippen LogP contribution is -2.49. The van der Waals surface area contributed by atoms with E-state index in [9.17, 15) is 23.4 Å². The van der Waals surface area contributed by atoms with E-state index in [4.69, 9.17) is 30.5 Å². The van der Waals surface area contributed by atoms with Crippen LogP contribution in [0.25, 0.3) is 33.4 Å². The van der Waals surface area contributed by atoms with Gasteiger partial charge in [-0.05, 0) is 138 Å². The van der Waals surface area contributed by atoms with Gasteiger partial charge >= 0.3 is 0 Å². The fourth-order valence-electron chi connectivity index (χ4n) is 9.94. The van der Waals surface area contributed by atoms with E-state index in [1.54, 1.807) is 42.5 Å². The van der Waals surface area contributed by atoms with E-state index in [-0.39, 0.29) is 42.5 Å². The van der Waals surface area contributed by atoms with E-state index < -0.39 is 12.2 Å². The minimum Gasteiger partial charge on any atom is -0.508 e. The number of rotatable bonds is 15. The fraction of sp³-hybridized carbons (Fsp3) is 0.286. The molecule has 2 fully saturated rings. The Balaban J connectivity index is 1.04. The SMILES string of the molecule is CC1=C(c2cccc(F)c2)C(c2ccc(OCCN3CC(CF)C3)c(-c3cc(Cl)cc(C4=C(C)c5cc(O)ccc5OC4c4ccc(OCCN5CC(CF)C5)cc4)c3)c2)Oc2cc(O)ccc21. The van der Waals surface area contributed by atoms with Crippen LogP contribution in [0.5, 0.6) is 34.5 Å². The molecule has 2 saturated heterocycles. The van der Waals surface area contributed by atoms with E-state index in [0.29, 0.717) is 66.4 Å². The first-order chi connectivity index (χ1) is 33.0. The highest BCUT2D eigenvalue weighted by Crippen LogP contribution is 2.51. The van der Waals surface area contributed by atoms with Gasteiger partial charge in [-0.25, -0.2) is 4.39 Å². The number of ether oxygens (including phenoxy) is 4. The Morgan fingerprint density at radius 2 is 1.21 bits per heavy atom. The van der Waals surface area contributed by atoms with Crippen LogP contribution >= 0.6 is 11.6 Å². The second kappa shape index (κ2) is 19.3. The molecule has 0 spiro atoms. The summed E-state index contributed by atoms with van der Waals surface area (Å²) in [6.07, 6.45) is -1.29. The van der Waals surface area contributed by atoms with Crippen molar-refractivity contribution in [3.8, 4) is 45.6 Å². The van der Waals surface area contributed by atoms with Crippen LogP contribution in [-0.2, 0) is 0 Å². The molecule has 2 N–H and O–H groups in total. The van der Waals surface area contributed by atoms with Crippen LogP contribution in [0.2, 0.25) is 5.02 Å². The Morgan fingerprint density at radius 3 is 1.93 bits per heavy atom. The van der Waals surface area contributed by atoms with Crippen molar-refractivity contribution in [1.29, 1.82) is 0 Å². The molecule has 0 radical (unpaired) electrons. The summed E-state index contributed by atoms with van der Waals surface area (Å²) in [6, 6.07) is 36.1. The zero-order chi connectivity index (χ0) is 47.1. The van der Waals surface area contributed by atoms with Crippen LogP contribution in [0.15, 0.2) is 121 Å². The summed E-state index contributed by atoms with van der Waals surface area (Å²) < 4.78 is 67.5. The van der Waals surface area contributed by atoms with Gasteiger partial charge in [0, 0.05) is 90.0 Å². The Labute approximate surface area is 399 Å². The molecule has 6 aromatic rings. The molecule has 0 bridgehead atoms. The fourth-order valence-corrected chi connectivity index (χ4v) is 10.2. The molecule has 8 nitrogen and oxygen atoms in total. The first-order valence-corrected chi connectivity index (χ1v) is 23.4. The van der Waals surface area contributed by atoms with Crippen molar-refractivity contribution in [2.45, 2.75) is 26.1 Å². The topological polar surface area (TPSA) is 83.9 Å². The molecule has 0 aromatic heterocycles. The van der Waals surface area contributed by atoms with Gasteiger partial charge in [-0.1, -0.05) is 41.9 Å². The maximum atomic E-state index is 14.9. The second-order valence-electron chi connectivity index (χ2n) is 18.3. The summed E-state index contributed by atoms with van der Waals surface area (Å²) in [5.74, 6) is 2.39. The third kappa shape index (κ3) is 9.27. The van der Waals surface area contributed by atoms with Crippen LogP contribution in [0.1, 0.15) is 59.4 Å². The lowest BCUT2D eigenvalue weighted by atomic mass is 9.84. The molecule has 0 saturated carbocycles. The third-order valence-electron chi connectivity index (χ3n) is 13.5. The van der Waals surface area contributed by atoms with Crippen LogP contribution in [-0.4, -0.2) is 85.8 Å². The number of alkyl halides is 2. The number of hydrogen-bond donors (Lipinski definition) is 2. The molecule has 6 aromatic carbocycles. The van der Waals surface area contributed by atoms with Crippen LogP contribution in [0.4, 0.5) is 13.2 Å². The molecule has 10 rings (SSSR count). The van der Waals surface area contributed by atoms with Gasteiger partial charge in [-0.3, -0.25) is 18.6 Å². The van der Waals surface area contributed by atoms with Crippen molar-refractivity contribution in [3.05, 3.63) is 166 Å². The normalized spacial score (nSPS) is 18.6. The maximum Gasteiger partial charge on any atom is 0.150 e. The second-order valence-corrected chi connectivity index (χ2v) is 18.7. The van der Waals surface area contributed by atoms with E-state index in [0.717, 1.165) is 80.9 Å². The van der Waals surface area contributed by atoms with Crippen molar-refractivity contribution in [2.24, 2.45) is 11.8 Å². The van der Waals surface area contributed by atoms with E-state index in [2.05, 4.69) is 15.9 Å². The molecule has 4 aliphatic heterocycles. The largest absolute Gasteiger partial charge is 0.508 e. The monoisotopic (exact) mass is 940 g/mol. The summed E-state index contributed by atoms with van der Waals surface area (Å²) in [6.45, 7) is 8.44. The Hall–Kier alpha value is -6.40. The van der Waals surface area contributed by atoms with Gasteiger partial charge in [0.1, 0.15) is 65.7 Å². The summed E-state index contributed by atoms with van der Waals surface area (Å²) in [7, 11) is 0. The summed E-state index contributed by atoms with van der Waals surface area (Å²) >= 11 is 7.15. The Kier molecular flexibility index (Phi) is 12.9. The Morgan fingerprint density at radius 1 is 0.588 bits per heavy atom. The highest BCUT2D eigenvalue weighted by molar-refractivity contribution is 6.31. The number of likely N-dealkylation sites (tertiary alicyclic amines) is 2. The lowest BCUT2D eigenvalue weighted by molar-refractivity contribution is 0.0668. The van der Waals surface area contributed by atoms with Gasteiger partial charge in [-0.15, -0.1) is 0 Å². The van der Waals surface area contributed by atoms with Gasteiger partial charge in [0.25, 0.3) is 0 Å². The molecule has 0 amide bonds. The maximum absolute atomic E-state index is 14.9. The van der Waals surface area contributed by atoms with Crippen LogP contribution in [0.3, 0.4) is 0 Å². The van der Waals surface area contributed by atoms with Gasteiger partial charge in [0.05, 0.1) is 13.3 Å². The molecule has 2 unspecified atom stereocenters. The van der Waals surface area contributed by atoms with Crippen LogP contribution < -0.4 is 18.9 Å². The van der Waals surface area contributed by atoms with Crippen molar-refractivity contribution in [3.63, 3.8) is 0 Å². The smallest absolute Gasteiger partial charge is 0.150 e. The number of aromatic hydroxyl groups is 2. The molecule has 4 aliphatic rings. The highest BCUT2D eigenvalue weighted by Gasteiger charge is 2.33. The highest BCUT2D eigenvalue weighted by atomic mass is 35.5. The molecule has 2 atom stereocenters. The molecule has 350 valence electrons. The predicted molar refractivity (Wildman–Crippen MR) is 260 cm³/mol. The van der Waals surface area contributed by atoms with Gasteiger partial charge in [-0.2, -0.15) is 0 Å². The average molecular weight is 941 g/mol. The molecule has 12 heteroatoms. The number of allylic oxidation sites excluding steroid dienone is 2. The van der Waals surface area contributed by atoms with Crippen LogP contribution in [0, 0.1) is 17.7 Å². The first kappa shape index (κ1) is 45.4. The first-order valence-electron chi connectivity index (χ1n) is 23.1. The number of halogens is 4. The van der Waals surface area contributed by atoms with Gasteiger partial charge in [0.15, 0.2) is 0 Å². The zero-order valence-electron chi connectivity index (χ0n) is 37.9. The van der Waals surface area contributed by atoms with Crippen molar-refractivity contribution in [1.82, 2.24) is 9.80 Å². The van der Waals surface area contributed by atoms with Crippen molar-refractivity contribution in [2.75, 3.05) is 65.8 Å². The minimum atomic E-state index is -0.710. The van der Waals surface area contributed by atoms with E-state index in [1.807, 2.05) is 74.5 Å². The molecule has 4 heterocycles. The standard InChI is InChI=1S/C56H52ClF3N2O6/c1-33-47-13-9-45(64)26-52(47)68-56(53(33)38-4-3-5-43(60)23-38)39-8-14-50(66-19-17-62-31-36(28-59)32-62)49(24-39)40-20-41(22-42(57)21-40)54-34(2)48-25-44(63)10-15-51(48)67-55(54)37-6-11-46(12-7-37)65-18-16-61-29-35(27-58)30-61/h3-15,20-26,35-36,55-56,63-64H,16-19,27-32H2,1-2H3. The number of fused-ring (bicyclic) bond motifs is 2. The number of phenols is 2. The average Bonchev–Trinajstić information content (AvgIpc) is 3.30. The van der Waals surface area contributed by atoms with E-state index >= 15 is 0 Å². The number of hydrogen-bond acceptors (Lipinski definition) is 8. The minimum absolute atomic E-state index is 0.0482. The molecular formula is C56H52ClF3N2O6. The predicted octanol–water partition coefficient (Wildman–Crippen LogP) is 12.2. The van der Waals surface area contributed by atoms with Gasteiger partial charge in [0.2, 0.25) is 0 Å². The number of nitrogens with zero attached hydrogens (tertiary/aromatic N) is 2. The number of benzene rings is 6. The summed E-state index contributed by atoms with van der Waals surface area (Å²) in [4.78, 5) is 4.35. The molecular weight excluding hydrogens is 889 g/mol. The third-order valence-corrected chi connectivity index (χ3v) is 13.8. The van der Waals surface area contributed by atoms with Gasteiger partial charge < -0.3 is 29.2 Å². The number of phenolic OH excluding ortho intramolecular Hbond substituents is 2. The van der Waals surface area contributed by atoms with Crippen molar-refractivity contribution >= 4 is 33.9 Å². The van der Waals surface area contributed by atoms with Crippen molar-refractivity contribution < 1.29 is 42.3 Å². The Bertz CT molecular complexity index is 2910. The quantitative estimate of drug-likeness (QED) is 0.105. The summed E-state index contributed by atoms with van der Waals surface area (Å²) in [5.41, 5.74) is 9.49. The van der Waals surface area contributed by atoms with E-state index in [1.165, 1.54) is 12.1 Å². The molecule has 0 aliphatic carbocycles. The summed E-state index contributed by atoms with van der Waals surface area (Å²) in [5, 5.41) is 21.7.